The van der Waals surface area contributed by atoms with E-state index in [1.54, 1.807) is 0 Å². The summed E-state index contributed by atoms with van der Waals surface area (Å²) in [7, 11) is 0. The molecule has 5 aromatic rings. The lowest BCUT2D eigenvalue weighted by Crippen LogP contribution is -2.11. The van der Waals surface area contributed by atoms with Gasteiger partial charge in [0.05, 0.1) is 11.4 Å². The molecular weight excluding hydrogens is 534 g/mol. The van der Waals surface area contributed by atoms with Gasteiger partial charge in [-0.25, -0.2) is 9.97 Å². The quantitative estimate of drug-likeness (QED) is 0.230. The summed E-state index contributed by atoms with van der Waals surface area (Å²) in [6, 6.07) is 32.9. The van der Waals surface area contributed by atoms with E-state index in [1.807, 2.05) is 0 Å². The molecule has 0 fully saturated rings. The van der Waals surface area contributed by atoms with Crippen molar-refractivity contribution >= 4 is 16.8 Å². The lowest BCUT2D eigenvalue weighted by atomic mass is 9.89. The van der Waals surface area contributed by atoms with Gasteiger partial charge in [-0.15, -0.1) is 0 Å². The van der Waals surface area contributed by atoms with Gasteiger partial charge in [-0.2, -0.15) is 0 Å². The number of rotatable bonds is 5. The van der Waals surface area contributed by atoms with E-state index < -0.39 is 0 Å². The largest absolute Gasteiger partial charge is 0.387 e. The molecule has 1 unspecified atom stereocenters. The van der Waals surface area contributed by atoms with Gasteiger partial charge in [0.2, 0.25) is 0 Å². The second kappa shape index (κ2) is 11.4. The van der Waals surface area contributed by atoms with E-state index in [0.717, 1.165) is 54.1 Å². The van der Waals surface area contributed by atoms with Gasteiger partial charge in [0, 0.05) is 29.8 Å². The molecule has 0 spiro atoms. The molecule has 1 atom stereocenters. The van der Waals surface area contributed by atoms with Gasteiger partial charge in [-0.05, 0) is 81.6 Å². The fourth-order valence-corrected chi connectivity index (χ4v) is 6.44. The number of aromatic nitrogens is 2. The summed E-state index contributed by atoms with van der Waals surface area (Å²) in [5.74, 6) is 0.959. The molecule has 0 amide bonds. The molecule has 4 aromatic carbocycles. The Bertz CT molecular complexity index is 2040. The Morgan fingerprint density at radius 3 is 2.34 bits per heavy atom. The summed E-state index contributed by atoms with van der Waals surface area (Å²) in [6.07, 6.45) is 20.9. The maximum Gasteiger partial charge on any atom is 0.160 e. The van der Waals surface area contributed by atoms with Crippen LogP contribution in [0.15, 0.2) is 145 Å². The van der Waals surface area contributed by atoms with Crippen molar-refractivity contribution in [2.24, 2.45) is 0 Å². The van der Waals surface area contributed by atoms with Crippen LogP contribution in [0.1, 0.15) is 35.6 Å². The Kier molecular flexibility index (Phi) is 6.84. The summed E-state index contributed by atoms with van der Waals surface area (Å²) in [4.78, 5) is 10.4. The van der Waals surface area contributed by atoms with Crippen LogP contribution < -0.4 is 5.32 Å². The van der Waals surface area contributed by atoms with Crippen LogP contribution in [-0.2, 0) is 6.42 Å². The molecule has 8 rings (SSSR count). The minimum Gasteiger partial charge on any atom is -0.387 e. The number of fused-ring (bicyclic) bond motifs is 2. The Balaban J connectivity index is 1.19. The predicted octanol–water partition coefficient (Wildman–Crippen LogP) is 9.60. The van der Waals surface area contributed by atoms with Crippen LogP contribution >= 0.6 is 0 Å². The lowest BCUT2D eigenvalue weighted by molar-refractivity contribution is 0.804. The van der Waals surface area contributed by atoms with Crippen LogP contribution in [-0.4, -0.2) is 16.5 Å². The molecule has 1 aromatic heterocycles. The number of nitrogens with zero attached hydrogens (tertiary/aromatic N) is 2. The molecule has 0 saturated heterocycles. The first-order valence-electron chi connectivity index (χ1n) is 15.5. The first kappa shape index (κ1) is 26.4. The second-order valence-corrected chi connectivity index (χ2v) is 11.8. The molecule has 44 heavy (non-hydrogen) atoms. The summed E-state index contributed by atoms with van der Waals surface area (Å²) >= 11 is 0. The molecule has 0 bridgehead atoms. The smallest absolute Gasteiger partial charge is 0.160 e. The molecule has 0 saturated carbocycles. The van der Waals surface area contributed by atoms with Gasteiger partial charge in [0.25, 0.3) is 0 Å². The summed E-state index contributed by atoms with van der Waals surface area (Å²) in [5, 5.41) is 5.86. The average Bonchev–Trinajstić information content (AvgIpc) is 3.11. The van der Waals surface area contributed by atoms with E-state index in [0.29, 0.717) is 0 Å². The molecule has 3 heteroatoms. The van der Waals surface area contributed by atoms with Gasteiger partial charge in [-0.1, -0.05) is 115 Å². The third kappa shape index (κ3) is 5.22. The van der Waals surface area contributed by atoms with E-state index in [-0.39, 0.29) is 5.92 Å². The first-order chi connectivity index (χ1) is 21.8. The fourth-order valence-electron chi connectivity index (χ4n) is 6.44. The third-order valence-corrected chi connectivity index (χ3v) is 8.86. The monoisotopic (exact) mass is 567 g/mol. The van der Waals surface area contributed by atoms with E-state index >= 15 is 0 Å². The molecule has 0 radical (unpaired) electrons. The predicted molar refractivity (Wildman–Crippen MR) is 183 cm³/mol. The zero-order valence-electron chi connectivity index (χ0n) is 24.6. The maximum atomic E-state index is 5.21. The molecule has 212 valence electrons. The van der Waals surface area contributed by atoms with Crippen molar-refractivity contribution in [1.29, 1.82) is 0 Å². The summed E-state index contributed by atoms with van der Waals surface area (Å²) in [5.41, 5.74) is 11.7. The van der Waals surface area contributed by atoms with E-state index in [2.05, 4.69) is 145 Å². The van der Waals surface area contributed by atoms with Gasteiger partial charge in [0.1, 0.15) is 0 Å². The number of nitrogens with one attached hydrogen (secondary N) is 1. The number of hydrogen-bond donors (Lipinski definition) is 1. The highest BCUT2D eigenvalue weighted by atomic mass is 14.9. The first-order valence-corrected chi connectivity index (χ1v) is 15.5. The molecule has 1 N–H and O–H groups in total. The van der Waals surface area contributed by atoms with Crippen LogP contribution in [0.4, 0.5) is 0 Å². The Labute approximate surface area is 258 Å². The lowest BCUT2D eigenvalue weighted by Gasteiger charge is -2.20. The van der Waals surface area contributed by atoms with Crippen LogP contribution in [0, 0.1) is 0 Å². The van der Waals surface area contributed by atoms with E-state index in [9.17, 15) is 0 Å². The van der Waals surface area contributed by atoms with Crippen molar-refractivity contribution in [3.8, 4) is 33.8 Å². The number of allylic oxidation sites excluding steroid dienone is 7. The molecule has 3 aliphatic rings. The summed E-state index contributed by atoms with van der Waals surface area (Å²) < 4.78 is 0. The standard InChI is InChI=1S/C41H33N3/c1-3-9-32-23-35(20-16-28(32)7-1)30-14-18-31(19-15-30)39-26-40(36-12-5-11-34(24-36)38-13-6-22-42-27-38)44-41(43-39)37-21-17-29-8-2-4-10-33(29)25-37/h1-3,5-9,11,13-21,23-27,36,42H,4,10,12,22H2. The van der Waals surface area contributed by atoms with Gasteiger partial charge < -0.3 is 5.32 Å². The van der Waals surface area contributed by atoms with Crippen molar-refractivity contribution in [2.45, 2.75) is 25.2 Å². The second-order valence-electron chi connectivity index (χ2n) is 11.8. The van der Waals surface area contributed by atoms with Crippen molar-refractivity contribution in [3.63, 3.8) is 0 Å². The van der Waals surface area contributed by atoms with Crippen LogP contribution in [0.2, 0.25) is 0 Å². The van der Waals surface area contributed by atoms with Crippen LogP contribution in [0.3, 0.4) is 0 Å². The van der Waals surface area contributed by atoms with E-state index in [4.69, 9.17) is 9.97 Å². The highest BCUT2D eigenvalue weighted by molar-refractivity contribution is 5.87. The minimum absolute atomic E-state index is 0.171. The molecular formula is C41H33N3. The number of aryl methyl sites for hydroxylation is 1. The Morgan fingerprint density at radius 2 is 1.45 bits per heavy atom. The van der Waals surface area contributed by atoms with Crippen molar-refractivity contribution in [3.05, 3.63) is 162 Å². The van der Waals surface area contributed by atoms with Crippen molar-refractivity contribution in [1.82, 2.24) is 15.3 Å². The minimum atomic E-state index is 0.171. The average molecular weight is 568 g/mol. The molecule has 1 aliphatic heterocycles. The van der Waals surface area contributed by atoms with Gasteiger partial charge >= 0.3 is 0 Å². The Morgan fingerprint density at radius 1 is 0.636 bits per heavy atom. The Hall–Kier alpha value is -5.28. The molecule has 2 aliphatic carbocycles. The normalized spacial score (nSPS) is 17.1. The van der Waals surface area contributed by atoms with Crippen molar-refractivity contribution < 1.29 is 0 Å². The van der Waals surface area contributed by atoms with Crippen LogP contribution in [0.5, 0.6) is 0 Å². The highest BCUT2D eigenvalue weighted by Crippen LogP contribution is 2.34. The highest BCUT2D eigenvalue weighted by Gasteiger charge is 2.19. The third-order valence-electron chi connectivity index (χ3n) is 8.86. The van der Waals surface area contributed by atoms with E-state index in [1.165, 1.54) is 44.2 Å². The molecule has 3 nitrogen and oxygen atoms in total. The maximum absolute atomic E-state index is 5.21. The molecule has 2 heterocycles. The number of benzene rings is 4. The SMILES string of the molecule is C1=Cc2ccc(-c3nc(-c4ccc(-c5ccc6ccccc6c5)cc4)cc(C4C=C(C5=CNCC=C5)C=CC4)n3)cc2CC1. The topological polar surface area (TPSA) is 37.8 Å². The zero-order valence-corrected chi connectivity index (χ0v) is 24.6. The van der Waals surface area contributed by atoms with Crippen molar-refractivity contribution in [2.75, 3.05) is 6.54 Å². The summed E-state index contributed by atoms with van der Waals surface area (Å²) in [6.45, 7) is 0.874. The van der Waals surface area contributed by atoms with Gasteiger partial charge in [-0.3, -0.25) is 0 Å². The fraction of sp³-hybridized carbons (Fsp3) is 0.122. The number of hydrogen-bond acceptors (Lipinski definition) is 3. The van der Waals surface area contributed by atoms with Gasteiger partial charge in [0.15, 0.2) is 5.82 Å². The number of dihydropyridines is 1. The van der Waals surface area contributed by atoms with Crippen LogP contribution in [0.25, 0.3) is 50.6 Å². The zero-order chi connectivity index (χ0) is 29.3.